The minimum absolute atomic E-state index is 0.0414. The maximum Gasteiger partial charge on any atom is 0.433 e. The van der Waals surface area contributed by atoms with Crippen molar-refractivity contribution in [2.75, 3.05) is 14.2 Å². The Morgan fingerprint density at radius 3 is 2.27 bits per heavy atom. The van der Waals surface area contributed by atoms with Gasteiger partial charge in [-0.15, -0.1) is 0 Å². The van der Waals surface area contributed by atoms with E-state index in [2.05, 4.69) is 5.16 Å². The summed E-state index contributed by atoms with van der Waals surface area (Å²) in [6.07, 6.45) is 0. The Morgan fingerprint density at radius 1 is 1.23 bits per heavy atom. The molecule has 0 saturated carbocycles. The van der Waals surface area contributed by atoms with E-state index in [9.17, 15) is 14.9 Å². The Labute approximate surface area is 156 Å². The third-order valence-corrected chi connectivity index (χ3v) is 3.57. The molecule has 0 atom stereocenters. The fraction of sp³-hybridized carbons (Fsp3) is 0.143. The quantitative estimate of drug-likeness (QED) is 0.255. The van der Waals surface area contributed by atoms with Gasteiger partial charge in [0.05, 0.1) is 30.3 Å². The van der Waals surface area contributed by atoms with Gasteiger partial charge in [-0.25, -0.2) is 4.79 Å². The number of halogens is 2. The van der Waals surface area contributed by atoms with Crippen molar-refractivity contribution in [1.29, 1.82) is 0 Å². The largest absolute Gasteiger partial charge is 0.494 e. The second kappa shape index (κ2) is 7.93. The van der Waals surface area contributed by atoms with Crippen LogP contribution in [0, 0.1) is 10.1 Å². The highest BCUT2D eigenvalue weighted by Crippen LogP contribution is 2.41. The van der Waals surface area contributed by atoms with Gasteiger partial charge in [-0.1, -0.05) is 28.4 Å². The summed E-state index contributed by atoms with van der Waals surface area (Å²) in [4.78, 5) is 26.9. The summed E-state index contributed by atoms with van der Waals surface area (Å²) in [6, 6.07) is 3.60. The van der Waals surface area contributed by atoms with E-state index in [-0.39, 0.29) is 32.9 Å². The highest BCUT2D eigenvalue weighted by Gasteiger charge is 2.26. The van der Waals surface area contributed by atoms with Crippen LogP contribution in [0.15, 0.2) is 27.8 Å². The number of ether oxygens (including phenoxy) is 2. The Hall–Kier alpha value is -2.98. The van der Waals surface area contributed by atoms with Crippen molar-refractivity contribution in [3.8, 4) is 11.5 Å². The zero-order chi connectivity index (χ0) is 19.4. The van der Waals surface area contributed by atoms with Gasteiger partial charge in [-0.05, 0) is 12.1 Å². The van der Waals surface area contributed by atoms with E-state index in [0.29, 0.717) is 0 Å². The number of rotatable bonds is 6. The van der Waals surface area contributed by atoms with E-state index in [4.69, 9.17) is 47.7 Å². The summed E-state index contributed by atoms with van der Waals surface area (Å²) >= 11 is 12.0. The van der Waals surface area contributed by atoms with E-state index in [1.807, 2.05) is 0 Å². The van der Waals surface area contributed by atoms with Gasteiger partial charge in [0, 0.05) is 0 Å². The molecule has 138 valence electrons. The molecule has 0 saturated heterocycles. The molecular formula is C14H11Cl2N3O7. The molecule has 0 unspecified atom stereocenters. The van der Waals surface area contributed by atoms with Crippen molar-refractivity contribution < 1.29 is 28.4 Å². The Balaban J connectivity index is 2.33. The number of amidine groups is 1. The van der Waals surface area contributed by atoms with Crippen molar-refractivity contribution in [2.24, 2.45) is 10.9 Å². The van der Waals surface area contributed by atoms with E-state index in [0.717, 1.165) is 6.07 Å². The molecule has 1 aromatic carbocycles. The summed E-state index contributed by atoms with van der Waals surface area (Å²) in [5, 5.41) is 14.1. The summed E-state index contributed by atoms with van der Waals surface area (Å²) in [6.45, 7) is 0. The maximum atomic E-state index is 12.4. The number of nitrogens with two attached hydrogens (primary N) is 1. The second-order valence-corrected chi connectivity index (χ2v) is 5.35. The summed E-state index contributed by atoms with van der Waals surface area (Å²) in [5.41, 5.74) is 5.36. The molecule has 1 heterocycles. The van der Waals surface area contributed by atoms with Crippen LogP contribution >= 0.6 is 23.2 Å². The van der Waals surface area contributed by atoms with Gasteiger partial charge in [0.1, 0.15) is 10.5 Å². The van der Waals surface area contributed by atoms with Gasteiger partial charge >= 0.3 is 11.9 Å². The number of hydrogen-bond donors (Lipinski definition) is 1. The minimum atomic E-state index is -1.04. The first-order valence-electron chi connectivity index (χ1n) is 6.69. The van der Waals surface area contributed by atoms with Crippen LogP contribution in [0.25, 0.3) is 0 Å². The van der Waals surface area contributed by atoms with E-state index in [1.54, 1.807) is 0 Å². The van der Waals surface area contributed by atoms with Crippen LogP contribution in [-0.4, -0.2) is 30.9 Å². The van der Waals surface area contributed by atoms with Crippen LogP contribution < -0.4 is 15.2 Å². The SMILES string of the molecule is COc1c(Cl)cc(Cl)c(OC)c1C(=O)O/N=C(/N)c1ccc([N+](=O)[O-])o1. The summed E-state index contributed by atoms with van der Waals surface area (Å²) in [5.74, 6) is -2.23. The first-order valence-corrected chi connectivity index (χ1v) is 7.45. The number of nitro groups is 1. The third-order valence-electron chi connectivity index (χ3n) is 3.00. The topological polar surface area (TPSA) is 139 Å². The lowest BCUT2D eigenvalue weighted by atomic mass is 10.1. The summed E-state index contributed by atoms with van der Waals surface area (Å²) in [7, 11) is 2.57. The number of hydrogen-bond acceptors (Lipinski definition) is 8. The predicted octanol–water partition coefficient (Wildman–Crippen LogP) is 2.99. The molecule has 1 aromatic heterocycles. The highest BCUT2D eigenvalue weighted by atomic mass is 35.5. The molecule has 0 radical (unpaired) electrons. The van der Waals surface area contributed by atoms with E-state index in [1.165, 1.54) is 26.4 Å². The molecular weight excluding hydrogens is 393 g/mol. The molecule has 0 spiro atoms. The molecule has 2 N–H and O–H groups in total. The molecule has 0 fully saturated rings. The van der Waals surface area contributed by atoms with Crippen molar-refractivity contribution in [3.05, 3.63) is 49.7 Å². The van der Waals surface area contributed by atoms with Crippen LogP contribution in [-0.2, 0) is 4.84 Å². The number of benzene rings is 1. The maximum absolute atomic E-state index is 12.4. The number of carbonyl (C=O) groups excluding carboxylic acids is 1. The van der Waals surface area contributed by atoms with Crippen molar-refractivity contribution in [1.82, 2.24) is 0 Å². The standard InChI is InChI=1S/C14H11Cl2N3O7/c1-23-11-6(15)5-7(16)12(24-2)10(11)14(20)26-18-13(17)8-3-4-9(25-8)19(21)22/h3-5H,1-2H3,(H2,17,18). The lowest BCUT2D eigenvalue weighted by Gasteiger charge is -2.13. The van der Waals surface area contributed by atoms with Crippen LogP contribution in [0.2, 0.25) is 10.0 Å². The molecule has 0 aliphatic carbocycles. The zero-order valence-corrected chi connectivity index (χ0v) is 14.8. The highest BCUT2D eigenvalue weighted by molar-refractivity contribution is 6.37. The van der Waals surface area contributed by atoms with Crippen LogP contribution in [0.1, 0.15) is 16.1 Å². The fourth-order valence-corrected chi connectivity index (χ4v) is 2.53. The fourth-order valence-electron chi connectivity index (χ4n) is 1.91. The van der Waals surface area contributed by atoms with Gasteiger partial charge in [-0.2, -0.15) is 0 Å². The van der Waals surface area contributed by atoms with Gasteiger partial charge in [0.25, 0.3) is 0 Å². The first-order chi connectivity index (χ1) is 12.3. The molecule has 10 nitrogen and oxygen atoms in total. The average molecular weight is 404 g/mol. The molecule has 2 aromatic rings. The van der Waals surface area contributed by atoms with E-state index >= 15 is 0 Å². The Kier molecular flexibility index (Phi) is 5.90. The van der Waals surface area contributed by atoms with Gasteiger partial charge < -0.3 is 24.5 Å². The number of furan rings is 1. The lowest BCUT2D eigenvalue weighted by Crippen LogP contribution is -2.15. The Bertz CT molecular complexity index is 867. The molecule has 0 amide bonds. The zero-order valence-electron chi connectivity index (χ0n) is 13.3. The van der Waals surface area contributed by atoms with Gasteiger partial charge in [0.15, 0.2) is 17.3 Å². The molecule has 12 heteroatoms. The predicted molar refractivity (Wildman–Crippen MR) is 91.1 cm³/mol. The lowest BCUT2D eigenvalue weighted by molar-refractivity contribution is -0.402. The van der Waals surface area contributed by atoms with E-state index < -0.39 is 22.6 Å². The Morgan fingerprint density at radius 2 is 1.81 bits per heavy atom. The first kappa shape index (κ1) is 19.3. The van der Waals surface area contributed by atoms with Crippen LogP contribution in [0.5, 0.6) is 11.5 Å². The van der Waals surface area contributed by atoms with Crippen molar-refractivity contribution in [3.63, 3.8) is 0 Å². The number of nitrogens with zero attached hydrogens (tertiary/aromatic N) is 2. The molecule has 0 bridgehead atoms. The molecule has 0 aliphatic heterocycles. The summed E-state index contributed by atoms with van der Waals surface area (Å²) < 4.78 is 15.0. The van der Waals surface area contributed by atoms with Crippen molar-refractivity contribution >= 4 is 40.9 Å². The average Bonchev–Trinajstić information content (AvgIpc) is 3.09. The third kappa shape index (κ3) is 3.81. The van der Waals surface area contributed by atoms with Gasteiger partial charge in [-0.3, -0.25) is 10.1 Å². The minimum Gasteiger partial charge on any atom is -0.494 e. The van der Waals surface area contributed by atoms with Crippen molar-refractivity contribution in [2.45, 2.75) is 0 Å². The van der Waals surface area contributed by atoms with Crippen LogP contribution in [0.4, 0.5) is 5.88 Å². The smallest absolute Gasteiger partial charge is 0.433 e. The van der Waals surface area contributed by atoms with Crippen LogP contribution in [0.3, 0.4) is 0 Å². The monoisotopic (exact) mass is 403 g/mol. The normalized spacial score (nSPS) is 11.2. The number of oxime groups is 1. The second-order valence-electron chi connectivity index (χ2n) is 4.53. The molecule has 26 heavy (non-hydrogen) atoms. The molecule has 2 rings (SSSR count). The van der Waals surface area contributed by atoms with Gasteiger partial charge in [0.2, 0.25) is 5.84 Å². The molecule has 0 aliphatic rings. The number of carbonyl (C=O) groups is 1. The number of methoxy groups -OCH3 is 2.